The lowest BCUT2D eigenvalue weighted by Gasteiger charge is -2.12. The predicted molar refractivity (Wildman–Crippen MR) is 102 cm³/mol. The summed E-state index contributed by atoms with van der Waals surface area (Å²) in [6, 6.07) is 7.33. The van der Waals surface area contributed by atoms with Crippen molar-refractivity contribution in [3.63, 3.8) is 0 Å². The maximum atomic E-state index is 12.7. The van der Waals surface area contributed by atoms with E-state index in [1.165, 1.54) is 0 Å². The highest BCUT2D eigenvalue weighted by molar-refractivity contribution is 6.08. The van der Waals surface area contributed by atoms with Gasteiger partial charge in [0.05, 0.1) is 6.10 Å². The van der Waals surface area contributed by atoms with Gasteiger partial charge in [-0.3, -0.25) is 9.59 Å². The van der Waals surface area contributed by atoms with Crippen LogP contribution in [0, 0.1) is 6.92 Å². The fraction of sp³-hybridized carbons (Fsp3) is 0.429. The minimum absolute atomic E-state index is 0.119. The second kappa shape index (κ2) is 7.56. The van der Waals surface area contributed by atoms with E-state index < -0.39 is 0 Å². The normalized spacial score (nSPS) is 19.0. The van der Waals surface area contributed by atoms with Crippen molar-refractivity contribution >= 4 is 17.4 Å². The van der Waals surface area contributed by atoms with Crippen LogP contribution in [-0.4, -0.2) is 36.0 Å². The van der Waals surface area contributed by atoms with Crippen molar-refractivity contribution in [2.75, 3.05) is 18.5 Å². The summed E-state index contributed by atoms with van der Waals surface area (Å²) in [6.07, 6.45) is 4.43. The van der Waals surface area contributed by atoms with Gasteiger partial charge in [0.15, 0.2) is 5.78 Å². The number of carbonyl (C=O) groups excluding carboxylic acids is 2. The molecule has 1 fully saturated rings. The maximum Gasteiger partial charge on any atom is 0.272 e. The predicted octanol–water partition coefficient (Wildman–Crippen LogP) is 3.65. The first-order valence-corrected chi connectivity index (χ1v) is 9.52. The van der Waals surface area contributed by atoms with Crippen molar-refractivity contribution in [2.45, 2.75) is 45.1 Å². The first-order chi connectivity index (χ1) is 13.1. The Hall–Kier alpha value is -2.60. The molecular formula is C21H24N2O4. The Bertz CT molecular complexity index is 865. The number of anilines is 1. The van der Waals surface area contributed by atoms with Crippen LogP contribution in [0.4, 0.5) is 5.69 Å². The molecule has 4 rings (SSSR count). The molecule has 1 atom stereocenters. The molecule has 1 aromatic heterocycles. The average molecular weight is 368 g/mol. The third-order valence-corrected chi connectivity index (χ3v) is 5.22. The fourth-order valence-corrected chi connectivity index (χ4v) is 3.82. The molecule has 2 aliphatic rings. The largest absolute Gasteiger partial charge is 0.491 e. The average Bonchev–Trinajstić information content (AvgIpc) is 3.29. The number of Topliss-reactive ketones (excluding diaryl/α,β-unsaturated/α-hetero) is 1. The summed E-state index contributed by atoms with van der Waals surface area (Å²) in [7, 11) is 0. The lowest BCUT2D eigenvalue weighted by atomic mass is 9.94. The molecule has 142 valence electrons. The van der Waals surface area contributed by atoms with Crippen LogP contribution in [0.2, 0.25) is 0 Å². The summed E-state index contributed by atoms with van der Waals surface area (Å²) in [5.74, 6) is 0.570. The molecule has 6 heteroatoms. The molecule has 27 heavy (non-hydrogen) atoms. The number of amides is 1. The fourth-order valence-electron chi connectivity index (χ4n) is 3.82. The topological polar surface area (TPSA) is 80.4 Å². The first-order valence-electron chi connectivity index (χ1n) is 9.52. The van der Waals surface area contributed by atoms with Crippen LogP contribution in [0.5, 0.6) is 5.75 Å². The van der Waals surface area contributed by atoms with E-state index in [9.17, 15) is 9.59 Å². The number of benzene rings is 1. The van der Waals surface area contributed by atoms with Crippen molar-refractivity contribution in [3.8, 4) is 5.75 Å². The number of rotatable bonds is 5. The van der Waals surface area contributed by atoms with Gasteiger partial charge in [-0.05, 0) is 50.3 Å². The Morgan fingerprint density at radius 1 is 1.33 bits per heavy atom. The Balaban J connectivity index is 1.45. The standard InChI is InChI=1S/C21H24N2O4/c1-13-19-17(8-3-9-18(19)24)23-20(13)21(25)22-14-5-2-6-15(11-14)27-12-16-7-4-10-26-16/h2,5-6,11,16,23H,3-4,7-10,12H2,1H3,(H,22,25). The van der Waals surface area contributed by atoms with Crippen molar-refractivity contribution in [3.05, 3.63) is 46.8 Å². The third-order valence-electron chi connectivity index (χ3n) is 5.22. The highest BCUT2D eigenvalue weighted by Gasteiger charge is 2.26. The van der Waals surface area contributed by atoms with Crippen LogP contribution in [0.3, 0.4) is 0 Å². The van der Waals surface area contributed by atoms with E-state index in [1.54, 1.807) is 6.07 Å². The van der Waals surface area contributed by atoms with E-state index >= 15 is 0 Å². The quantitative estimate of drug-likeness (QED) is 0.844. The molecule has 1 amide bonds. The van der Waals surface area contributed by atoms with Gasteiger partial charge in [-0.1, -0.05) is 6.07 Å². The van der Waals surface area contributed by atoms with Gasteiger partial charge >= 0.3 is 0 Å². The number of carbonyl (C=O) groups is 2. The lowest BCUT2D eigenvalue weighted by Crippen LogP contribution is -2.16. The zero-order chi connectivity index (χ0) is 18.8. The van der Waals surface area contributed by atoms with Crippen LogP contribution in [0.15, 0.2) is 24.3 Å². The SMILES string of the molecule is Cc1c(C(=O)Nc2cccc(OCC3CCCO3)c2)[nH]c2c1C(=O)CCC2. The number of fused-ring (bicyclic) bond motifs is 1. The number of ether oxygens (including phenoxy) is 2. The van der Waals surface area contributed by atoms with Gasteiger partial charge in [0.1, 0.15) is 18.1 Å². The van der Waals surface area contributed by atoms with Gasteiger partial charge in [-0.2, -0.15) is 0 Å². The number of aromatic amines is 1. The highest BCUT2D eigenvalue weighted by Crippen LogP contribution is 2.27. The van der Waals surface area contributed by atoms with Crippen LogP contribution in [0.25, 0.3) is 0 Å². The lowest BCUT2D eigenvalue weighted by molar-refractivity contribution is 0.0679. The number of aromatic nitrogens is 1. The van der Waals surface area contributed by atoms with Gasteiger partial charge in [0.25, 0.3) is 5.91 Å². The Kier molecular flexibility index (Phi) is 4.99. The number of hydrogen-bond donors (Lipinski definition) is 2. The Labute approximate surface area is 158 Å². The van der Waals surface area contributed by atoms with Gasteiger partial charge in [-0.25, -0.2) is 0 Å². The van der Waals surface area contributed by atoms with Gasteiger partial charge in [0, 0.05) is 36.0 Å². The second-order valence-corrected chi connectivity index (χ2v) is 7.18. The van der Waals surface area contributed by atoms with Crippen LogP contribution >= 0.6 is 0 Å². The highest BCUT2D eigenvalue weighted by atomic mass is 16.5. The molecule has 0 spiro atoms. The zero-order valence-electron chi connectivity index (χ0n) is 15.5. The molecule has 0 radical (unpaired) electrons. The Morgan fingerprint density at radius 3 is 3.00 bits per heavy atom. The minimum atomic E-state index is -0.244. The molecule has 1 unspecified atom stereocenters. The first kappa shape index (κ1) is 17.8. The summed E-state index contributed by atoms with van der Waals surface area (Å²) in [5, 5.41) is 2.90. The van der Waals surface area contributed by atoms with E-state index in [2.05, 4.69) is 10.3 Å². The molecule has 1 aromatic carbocycles. The number of hydrogen-bond acceptors (Lipinski definition) is 4. The molecule has 1 aliphatic carbocycles. The van der Waals surface area contributed by atoms with E-state index in [1.807, 2.05) is 25.1 Å². The van der Waals surface area contributed by atoms with Crippen LogP contribution < -0.4 is 10.1 Å². The summed E-state index contributed by atoms with van der Waals surface area (Å²) in [6.45, 7) is 3.14. The molecule has 0 bridgehead atoms. The molecule has 6 nitrogen and oxygen atoms in total. The smallest absolute Gasteiger partial charge is 0.272 e. The molecule has 2 N–H and O–H groups in total. The number of aryl methyl sites for hydroxylation is 1. The van der Waals surface area contributed by atoms with E-state index in [-0.39, 0.29) is 17.8 Å². The number of H-pyrrole nitrogens is 1. The summed E-state index contributed by atoms with van der Waals surface area (Å²) < 4.78 is 11.4. The van der Waals surface area contributed by atoms with Crippen LogP contribution in [0.1, 0.15) is 57.8 Å². The zero-order valence-corrected chi connectivity index (χ0v) is 15.5. The number of ketones is 1. The van der Waals surface area contributed by atoms with Gasteiger partial charge in [-0.15, -0.1) is 0 Å². The van der Waals surface area contributed by atoms with E-state index in [0.29, 0.717) is 35.7 Å². The monoisotopic (exact) mass is 368 g/mol. The summed E-state index contributed by atoms with van der Waals surface area (Å²) >= 11 is 0. The second-order valence-electron chi connectivity index (χ2n) is 7.18. The van der Waals surface area contributed by atoms with Crippen molar-refractivity contribution in [1.82, 2.24) is 4.98 Å². The summed E-state index contributed by atoms with van der Waals surface area (Å²) in [5.41, 5.74) is 3.42. The van der Waals surface area contributed by atoms with E-state index in [4.69, 9.17) is 9.47 Å². The van der Waals surface area contributed by atoms with Gasteiger partial charge < -0.3 is 19.8 Å². The summed E-state index contributed by atoms with van der Waals surface area (Å²) in [4.78, 5) is 28.0. The van der Waals surface area contributed by atoms with Crippen molar-refractivity contribution in [1.29, 1.82) is 0 Å². The third kappa shape index (κ3) is 3.76. The number of nitrogens with one attached hydrogen (secondary N) is 2. The molecule has 2 heterocycles. The minimum Gasteiger partial charge on any atom is -0.491 e. The molecular weight excluding hydrogens is 344 g/mol. The maximum absolute atomic E-state index is 12.7. The van der Waals surface area contributed by atoms with Gasteiger partial charge in [0.2, 0.25) is 0 Å². The van der Waals surface area contributed by atoms with Crippen molar-refractivity contribution < 1.29 is 19.1 Å². The Morgan fingerprint density at radius 2 is 2.22 bits per heavy atom. The van der Waals surface area contributed by atoms with Crippen LogP contribution in [-0.2, 0) is 11.2 Å². The molecule has 1 saturated heterocycles. The van der Waals surface area contributed by atoms with Crippen molar-refractivity contribution in [2.24, 2.45) is 0 Å². The molecule has 0 saturated carbocycles. The molecule has 1 aliphatic heterocycles. The van der Waals surface area contributed by atoms with E-state index in [0.717, 1.165) is 43.5 Å². The molecule has 2 aromatic rings.